The molecule has 4 N–H and O–H groups in total. The van der Waals surface area contributed by atoms with Crippen LogP contribution in [0.4, 0.5) is 0 Å². The van der Waals surface area contributed by atoms with Gasteiger partial charge in [-0.05, 0) is 51.4 Å². The first-order valence-corrected chi connectivity index (χ1v) is 13.1. The Kier molecular flexibility index (Phi) is 30.4. The maximum Gasteiger partial charge on any atom is 0.0755 e. The minimum Gasteiger partial charge on any atom is -0.889 e. The molecule has 4 nitrogen and oxygen atoms in total. The zero-order valence-electron chi connectivity index (χ0n) is 21.2. The first-order chi connectivity index (χ1) is 15.1. The van der Waals surface area contributed by atoms with E-state index in [9.17, 15) is 10.0 Å². The normalized spacial score (nSPS) is 10.0. The molecule has 0 radical (unpaired) electrons. The number of hydrogen-bond acceptors (Lipinski definition) is 2. The summed E-state index contributed by atoms with van der Waals surface area (Å²) >= 11 is 0. The van der Waals surface area contributed by atoms with Crippen LogP contribution in [0.5, 0.6) is 0 Å². The van der Waals surface area contributed by atoms with E-state index in [1.54, 1.807) is 18.2 Å². The highest BCUT2D eigenvalue weighted by Gasteiger charge is 1.91. The minimum atomic E-state index is -1.84. The molecule has 1 aromatic carbocycles. The Bertz CT molecular complexity index is 385. The molecule has 1 aromatic rings. The molecule has 0 unspecified atom stereocenters. The van der Waals surface area contributed by atoms with Crippen molar-refractivity contribution in [2.75, 3.05) is 26.2 Å². The largest absolute Gasteiger partial charge is 0.889 e. The van der Waals surface area contributed by atoms with Crippen LogP contribution in [0.1, 0.15) is 105 Å². The lowest BCUT2D eigenvalue weighted by Gasteiger charge is -2.26. The second kappa shape index (κ2) is 29.1. The highest BCUT2D eigenvalue weighted by atomic mass is 16.4. The molecule has 0 aliphatic carbocycles. The molecular formula is C26H53BN2O2. The SMILES string of the molecule is CCCCC[NH2+]CCCCC.CCCCC[NH2+]CCCCC.[O-]B([O-])c1ccccc1. The number of hydrogen-bond donors (Lipinski definition) is 2. The highest BCUT2D eigenvalue weighted by molar-refractivity contribution is 6.55. The second-order valence-corrected chi connectivity index (χ2v) is 8.30. The van der Waals surface area contributed by atoms with E-state index in [4.69, 9.17) is 0 Å². The van der Waals surface area contributed by atoms with E-state index in [-0.39, 0.29) is 0 Å². The summed E-state index contributed by atoms with van der Waals surface area (Å²) in [4.78, 5) is 0. The summed E-state index contributed by atoms with van der Waals surface area (Å²) in [6.45, 7) is 14.4. The molecule has 0 saturated carbocycles. The molecule has 0 amide bonds. The third-order valence-electron chi connectivity index (χ3n) is 5.12. The fourth-order valence-electron chi connectivity index (χ4n) is 3.05. The van der Waals surface area contributed by atoms with E-state index in [1.165, 1.54) is 115 Å². The summed E-state index contributed by atoms with van der Waals surface area (Å²) in [5.74, 6) is 0. The Labute approximate surface area is 194 Å². The maximum absolute atomic E-state index is 10.2. The third-order valence-corrected chi connectivity index (χ3v) is 5.12. The Morgan fingerprint density at radius 1 is 0.548 bits per heavy atom. The van der Waals surface area contributed by atoms with E-state index in [0.29, 0.717) is 5.46 Å². The van der Waals surface area contributed by atoms with Gasteiger partial charge in [0.05, 0.1) is 26.2 Å². The van der Waals surface area contributed by atoms with Crippen molar-refractivity contribution in [3.8, 4) is 0 Å². The van der Waals surface area contributed by atoms with Crippen LogP contribution in [0.2, 0.25) is 0 Å². The fraction of sp³-hybridized carbons (Fsp3) is 0.769. The van der Waals surface area contributed by atoms with Gasteiger partial charge in [0.15, 0.2) is 0 Å². The van der Waals surface area contributed by atoms with Crippen LogP contribution in [-0.4, -0.2) is 33.3 Å². The molecule has 0 heterocycles. The van der Waals surface area contributed by atoms with E-state index < -0.39 is 7.12 Å². The van der Waals surface area contributed by atoms with Gasteiger partial charge >= 0.3 is 0 Å². The Morgan fingerprint density at radius 2 is 0.871 bits per heavy atom. The lowest BCUT2D eigenvalue weighted by molar-refractivity contribution is -0.655. The molecule has 0 aliphatic heterocycles. The van der Waals surface area contributed by atoms with Gasteiger partial charge in [-0.15, -0.1) is 5.46 Å². The van der Waals surface area contributed by atoms with Crippen LogP contribution >= 0.6 is 0 Å². The van der Waals surface area contributed by atoms with Crippen molar-refractivity contribution in [3.05, 3.63) is 30.3 Å². The molecule has 0 spiro atoms. The van der Waals surface area contributed by atoms with Gasteiger partial charge in [-0.1, -0.05) is 90.8 Å². The number of nitrogens with two attached hydrogens (primary N) is 2. The summed E-state index contributed by atoms with van der Waals surface area (Å²) in [6.07, 6.45) is 16.6. The van der Waals surface area contributed by atoms with E-state index in [1.807, 2.05) is 0 Å². The molecular weight excluding hydrogens is 383 g/mol. The summed E-state index contributed by atoms with van der Waals surface area (Å²) in [5, 5.41) is 25.3. The second-order valence-electron chi connectivity index (χ2n) is 8.30. The molecule has 0 fully saturated rings. The Hall–Kier alpha value is -0.875. The fourth-order valence-corrected chi connectivity index (χ4v) is 3.05. The molecule has 0 aliphatic rings. The van der Waals surface area contributed by atoms with Crippen LogP contribution in [-0.2, 0) is 0 Å². The zero-order valence-corrected chi connectivity index (χ0v) is 21.2. The van der Waals surface area contributed by atoms with Gasteiger partial charge < -0.3 is 20.7 Å². The van der Waals surface area contributed by atoms with Gasteiger partial charge in [-0.3, -0.25) is 0 Å². The smallest absolute Gasteiger partial charge is 0.0755 e. The third kappa shape index (κ3) is 29.1. The van der Waals surface area contributed by atoms with Crippen molar-refractivity contribution in [1.29, 1.82) is 0 Å². The number of unbranched alkanes of at least 4 members (excludes halogenated alkanes) is 8. The average Bonchev–Trinajstić information content (AvgIpc) is 2.79. The van der Waals surface area contributed by atoms with Crippen LogP contribution in [0.3, 0.4) is 0 Å². The number of rotatable bonds is 17. The molecule has 31 heavy (non-hydrogen) atoms. The highest BCUT2D eigenvalue weighted by Crippen LogP contribution is 1.91. The van der Waals surface area contributed by atoms with E-state index in [2.05, 4.69) is 38.3 Å². The van der Waals surface area contributed by atoms with Crippen molar-refractivity contribution in [2.24, 2.45) is 0 Å². The van der Waals surface area contributed by atoms with Gasteiger partial charge in [0.2, 0.25) is 0 Å². The predicted octanol–water partition coefficient (Wildman–Crippen LogP) is 1.96. The number of benzene rings is 1. The summed E-state index contributed by atoms with van der Waals surface area (Å²) in [6, 6.07) is 8.19. The standard InChI is InChI=1S/2C10H23N.C6H5BO2/c2*1-3-5-7-9-11-10-8-6-4-2;8-7(9)6-4-2-1-3-5-6/h2*11H,3-10H2,1-2H3;1-5H/q;;-2/p+2. The number of quaternary nitrogens is 2. The van der Waals surface area contributed by atoms with E-state index >= 15 is 0 Å². The molecule has 0 aromatic heterocycles. The van der Waals surface area contributed by atoms with Crippen molar-refractivity contribution in [2.45, 2.75) is 105 Å². The first-order valence-electron chi connectivity index (χ1n) is 13.1. The monoisotopic (exact) mass is 436 g/mol. The van der Waals surface area contributed by atoms with Gasteiger partial charge in [0.25, 0.3) is 0 Å². The quantitative estimate of drug-likeness (QED) is 0.289. The molecule has 0 atom stereocenters. The van der Waals surface area contributed by atoms with Crippen LogP contribution in [0, 0.1) is 0 Å². The molecule has 1 rings (SSSR count). The van der Waals surface area contributed by atoms with Crippen LogP contribution < -0.4 is 26.1 Å². The van der Waals surface area contributed by atoms with Crippen LogP contribution in [0.15, 0.2) is 30.3 Å². The lowest BCUT2D eigenvalue weighted by atomic mass is 9.81. The predicted molar refractivity (Wildman–Crippen MR) is 133 cm³/mol. The molecule has 5 heteroatoms. The first kappa shape index (κ1) is 32.3. The van der Waals surface area contributed by atoms with Crippen molar-refractivity contribution in [1.82, 2.24) is 0 Å². The summed E-state index contributed by atoms with van der Waals surface area (Å²) in [5.41, 5.74) is 0.303. The van der Waals surface area contributed by atoms with Crippen LogP contribution in [0.25, 0.3) is 0 Å². The average molecular weight is 437 g/mol. The molecule has 0 saturated heterocycles. The lowest BCUT2D eigenvalue weighted by Crippen LogP contribution is -2.84. The minimum absolute atomic E-state index is 0.303. The maximum atomic E-state index is 10.2. The van der Waals surface area contributed by atoms with Crippen molar-refractivity contribution >= 4 is 12.6 Å². The van der Waals surface area contributed by atoms with Gasteiger partial charge in [0.1, 0.15) is 0 Å². The van der Waals surface area contributed by atoms with Gasteiger partial charge in [-0.2, -0.15) is 0 Å². The van der Waals surface area contributed by atoms with Crippen molar-refractivity contribution < 1.29 is 20.7 Å². The molecule has 0 bridgehead atoms. The molecule has 182 valence electrons. The van der Waals surface area contributed by atoms with E-state index in [0.717, 1.165) is 0 Å². The Morgan fingerprint density at radius 3 is 1.10 bits per heavy atom. The summed E-state index contributed by atoms with van der Waals surface area (Å²) < 4.78 is 0. The van der Waals surface area contributed by atoms with Crippen molar-refractivity contribution in [3.63, 3.8) is 0 Å². The van der Waals surface area contributed by atoms with Gasteiger partial charge in [0, 0.05) is 0 Å². The Balaban J connectivity index is 0. The zero-order chi connectivity index (χ0) is 23.4. The van der Waals surface area contributed by atoms with Gasteiger partial charge in [-0.25, -0.2) is 0 Å². The summed E-state index contributed by atoms with van der Waals surface area (Å²) in [7, 11) is -1.84. The topological polar surface area (TPSA) is 79.3 Å².